The number of rotatable bonds is 7. The summed E-state index contributed by atoms with van der Waals surface area (Å²) in [4.78, 5) is 0. The van der Waals surface area contributed by atoms with E-state index in [9.17, 15) is 0 Å². The van der Waals surface area contributed by atoms with Crippen molar-refractivity contribution in [2.24, 2.45) is 11.8 Å². The zero-order valence-corrected chi connectivity index (χ0v) is 9.10. The fourth-order valence-electron chi connectivity index (χ4n) is 1.73. The summed E-state index contributed by atoms with van der Waals surface area (Å²) in [6, 6.07) is 0. The van der Waals surface area contributed by atoms with Crippen molar-refractivity contribution < 1.29 is 4.74 Å². The third-order valence-electron chi connectivity index (χ3n) is 2.40. The van der Waals surface area contributed by atoms with Gasteiger partial charge in [-0.15, -0.1) is 0 Å². The molecule has 0 amide bonds. The Bertz CT molecular complexity index is 91.0. The molecule has 0 N–H and O–H groups in total. The van der Waals surface area contributed by atoms with E-state index in [1.807, 2.05) is 0 Å². The first-order valence-corrected chi connectivity index (χ1v) is 5.19. The second-order valence-corrected chi connectivity index (χ2v) is 4.02. The molecule has 0 aliphatic rings. The van der Waals surface area contributed by atoms with E-state index in [1.54, 1.807) is 7.11 Å². The Labute approximate surface area is 77.5 Å². The fraction of sp³-hybridized carbons (Fsp3) is 1.00. The summed E-state index contributed by atoms with van der Waals surface area (Å²) in [5.41, 5.74) is 0. The van der Waals surface area contributed by atoms with Crippen molar-refractivity contribution in [2.75, 3.05) is 13.7 Å². The van der Waals surface area contributed by atoms with Crippen molar-refractivity contribution in [3.05, 3.63) is 0 Å². The van der Waals surface area contributed by atoms with E-state index in [0.29, 0.717) is 0 Å². The minimum Gasteiger partial charge on any atom is -0.385 e. The van der Waals surface area contributed by atoms with Crippen molar-refractivity contribution in [1.29, 1.82) is 0 Å². The summed E-state index contributed by atoms with van der Waals surface area (Å²) in [6.07, 6.45) is 5.26. The van der Waals surface area contributed by atoms with Gasteiger partial charge in [-0.2, -0.15) is 0 Å². The first-order valence-electron chi connectivity index (χ1n) is 5.19. The topological polar surface area (TPSA) is 9.23 Å². The van der Waals surface area contributed by atoms with Crippen LogP contribution >= 0.6 is 0 Å². The van der Waals surface area contributed by atoms with Gasteiger partial charge in [0.05, 0.1) is 0 Å². The first-order chi connectivity index (χ1) is 5.70. The smallest absolute Gasteiger partial charge is 0.0464 e. The van der Waals surface area contributed by atoms with Gasteiger partial charge in [0, 0.05) is 13.7 Å². The van der Waals surface area contributed by atoms with Crippen molar-refractivity contribution in [3.63, 3.8) is 0 Å². The van der Waals surface area contributed by atoms with Crippen LogP contribution < -0.4 is 0 Å². The summed E-state index contributed by atoms with van der Waals surface area (Å²) < 4.78 is 5.05. The second-order valence-electron chi connectivity index (χ2n) is 4.02. The zero-order valence-electron chi connectivity index (χ0n) is 9.10. The van der Waals surface area contributed by atoms with Crippen LogP contribution in [-0.4, -0.2) is 13.7 Å². The van der Waals surface area contributed by atoms with Crippen LogP contribution in [0.25, 0.3) is 0 Å². The van der Waals surface area contributed by atoms with Gasteiger partial charge in [-0.05, 0) is 24.7 Å². The third-order valence-corrected chi connectivity index (χ3v) is 2.40. The van der Waals surface area contributed by atoms with Crippen LogP contribution in [0.4, 0.5) is 0 Å². The normalized spacial score (nSPS) is 16.0. The Hall–Kier alpha value is -0.0400. The molecule has 0 aromatic carbocycles. The quantitative estimate of drug-likeness (QED) is 0.571. The molecule has 1 heteroatoms. The Balaban J connectivity index is 3.33. The number of methoxy groups -OCH3 is 1. The van der Waals surface area contributed by atoms with E-state index in [2.05, 4.69) is 20.8 Å². The summed E-state index contributed by atoms with van der Waals surface area (Å²) in [6.45, 7) is 7.86. The average molecular weight is 172 g/mol. The van der Waals surface area contributed by atoms with Gasteiger partial charge in [0.1, 0.15) is 0 Å². The van der Waals surface area contributed by atoms with Crippen molar-refractivity contribution >= 4 is 0 Å². The highest BCUT2D eigenvalue weighted by Gasteiger charge is 2.07. The highest BCUT2D eigenvalue weighted by molar-refractivity contribution is 4.59. The highest BCUT2D eigenvalue weighted by atomic mass is 16.5. The molecule has 0 aliphatic carbocycles. The lowest BCUT2D eigenvalue weighted by Gasteiger charge is -2.15. The van der Waals surface area contributed by atoms with Gasteiger partial charge in [-0.25, -0.2) is 0 Å². The fourth-order valence-corrected chi connectivity index (χ4v) is 1.73. The molecular formula is C11H24O. The molecule has 0 fully saturated rings. The second kappa shape index (κ2) is 7.60. The molecule has 0 spiro atoms. The van der Waals surface area contributed by atoms with Crippen LogP contribution in [0.3, 0.4) is 0 Å². The Kier molecular flexibility index (Phi) is 7.58. The summed E-state index contributed by atoms with van der Waals surface area (Å²) in [5, 5.41) is 0. The van der Waals surface area contributed by atoms with Gasteiger partial charge in [0.2, 0.25) is 0 Å². The molecule has 2 atom stereocenters. The van der Waals surface area contributed by atoms with Crippen molar-refractivity contribution in [2.45, 2.75) is 46.5 Å². The largest absolute Gasteiger partial charge is 0.385 e. The Morgan fingerprint density at radius 1 is 1.08 bits per heavy atom. The molecule has 0 aromatic rings. The van der Waals surface area contributed by atoms with Crippen molar-refractivity contribution in [3.8, 4) is 0 Å². The van der Waals surface area contributed by atoms with E-state index < -0.39 is 0 Å². The zero-order chi connectivity index (χ0) is 9.40. The molecule has 2 unspecified atom stereocenters. The summed E-state index contributed by atoms with van der Waals surface area (Å²) >= 11 is 0. The molecule has 0 saturated heterocycles. The van der Waals surface area contributed by atoms with E-state index in [-0.39, 0.29) is 0 Å². The molecule has 0 saturated carbocycles. The maximum absolute atomic E-state index is 5.05. The van der Waals surface area contributed by atoms with Crippen LogP contribution in [0.1, 0.15) is 46.5 Å². The predicted molar refractivity (Wildman–Crippen MR) is 54.3 cm³/mol. The standard InChI is InChI=1S/C11H24O/c1-5-6-10(2)9-11(3)7-8-12-4/h10-11H,5-9H2,1-4H3. The van der Waals surface area contributed by atoms with Crippen LogP contribution in [0.5, 0.6) is 0 Å². The molecule has 0 rings (SSSR count). The maximum Gasteiger partial charge on any atom is 0.0464 e. The molecule has 74 valence electrons. The van der Waals surface area contributed by atoms with Crippen molar-refractivity contribution in [1.82, 2.24) is 0 Å². The van der Waals surface area contributed by atoms with Crippen LogP contribution in [0.2, 0.25) is 0 Å². The lowest BCUT2D eigenvalue weighted by molar-refractivity contribution is 0.174. The van der Waals surface area contributed by atoms with E-state index in [4.69, 9.17) is 4.74 Å². The number of ether oxygens (including phenoxy) is 1. The number of hydrogen-bond donors (Lipinski definition) is 0. The number of hydrogen-bond acceptors (Lipinski definition) is 1. The summed E-state index contributed by atoms with van der Waals surface area (Å²) in [5.74, 6) is 1.72. The lowest BCUT2D eigenvalue weighted by Crippen LogP contribution is -2.05. The predicted octanol–water partition coefficient (Wildman–Crippen LogP) is 3.49. The Morgan fingerprint density at radius 3 is 2.17 bits per heavy atom. The molecular weight excluding hydrogens is 148 g/mol. The molecule has 0 heterocycles. The molecule has 0 aliphatic heterocycles. The first kappa shape index (κ1) is 12.0. The third kappa shape index (κ3) is 6.66. The minimum absolute atomic E-state index is 0.825. The maximum atomic E-state index is 5.05. The van der Waals surface area contributed by atoms with Crippen LogP contribution in [-0.2, 0) is 4.74 Å². The van der Waals surface area contributed by atoms with E-state index in [0.717, 1.165) is 18.4 Å². The molecule has 12 heavy (non-hydrogen) atoms. The van der Waals surface area contributed by atoms with Crippen LogP contribution in [0.15, 0.2) is 0 Å². The van der Waals surface area contributed by atoms with Crippen LogP contribution in [0, 0.1) is 11.8 Å². The monoisotopic (exact) mass is 172 g/mol. The minimum atomic E-state index is 0.825. The molecule has 0 aromatic heterocycles. The molecule has 0 radical (unpaired) electrons. The Morgan fingerprint density at radius 2 is 1.67 bits per heavy atom. The van der Waals surface area contributed by atoms with E-state index >= 15 is 0 Å². The van der Waals surface area contributed by atoms with Gasteiger partial charge in [0.15, 0.2) is 0 Å². The lowest BCUT2D eigenvalue weighted by atomic mass is 9.92. The van der Waals surface area contributed by atoms with Gasteiger partial charge in [-0.1, -0.05) is 33.6 Å². The molecule has 0 bridgehead atoms. The van der Waals surface area contributed by atoms with E-state index in [1.165, 1.54) is 25.7 Å². The van der Waals surface area contributed by atoms with Gasteiger partial charge in [0.25, 0.3) is 0 Å². The van der Waals surface area contributed by atoms with Gasteiger partial charge < -0.3 is 4.74 Å². The summed E-state index contributed by atoms with van der Waals surface area (Å²) in [7, 11) is 1.78. The molecule has 1 nitrogen and oxygen atoms in total. The van der Waals surface area contributed by atoms with Gasteiger partial charge in [-0.3, -0.25) is 0 Å². The SMILES string of the molecule is CCCC(C)CC(C)CCOC. The van der Waals surface area contributed by atoms with Gasteiger partial charge >= 0.3 is 0 Å². The highest BCUT2D eigenvalue weighted by Crippen LogP contribution is 2.18. The average Bonchev–Trinajstić information content (AvgIpc) is 2.01.